The number of carbonyl (C=O) groups excluding carboxylic acids is 1. The number of ether oxygens (including phenoxy) is 1. The summed E-state index contributed by atoms with van der Waals surface area (Å²) in [6.45, 7) is 6.84. The minimum Gasteiger partial charge on any atom is -0.385 e. The summed E-state index contributed by atoms with van der Waals surface area (Å²) in [5, 5.41) is 12.9. The molecule has 0 atom stereocenters. The van der Waals surface area contributed by atoms with E-state index in [4.69, 9.17) is 4.74 Å². The molecule has 0 fully saturated rings. The molecular formula is C21H29N7O2. The number of aromatic nitrogens is 6. The predicted octanol–water partition coefficient (Wildman–Crippen LogP) is 1.87. The fourth-order valence-corrected chi connectivity index (χ4v) is 4.34. The molecule has 1 aliphatic rings. The lowest BCUT2D eigenvalue weighted by Gasteiger charge is -2.27. The van der Waals surface area contributed by atoms with E-state index in [1.807, 2.05) is 41.2 Å². The Morgan fingerprint density at radius 1 is 1.27 bits per heavy atom. The second-order valence-corrected chi connectivity index (χ2v) is 7.92. The van der Waals surface area contributed by atoms with Crippen LogP contribution in [0.4, 0.5) is 0 Å². The van der Waals surface area contributed by atoms with Gasteiger partial charge < -0.3 is 18.8 Å². The SMILES string of the molecule is COCCCn1c(C)cc(C(=O)N2CCc3c(c(-c4nncn4C)nn3C)C2)c1C. The highest BCUT2D eigenvalue weighted by molar-refractivity contribution is 5.96. The van der Waals surface area contributed by atoms with E-state index in [1.165, 1.54) is 0 Å². The van der Waals surface area contributed by atoms with Crippen LogP contribution in [0, 0.1) is 13.8 Å². The number of rotatable bonds is 6. The van der Waals surface area contributed by atoms with E-state index in [0.29, 0.717) is 19.7 Å². The zero-order valence-electron chi connectivity index (χ0n) is 18.3. The normalized spacial score (nSPS) is 13.7. The van der Waals surface area contributed by atoms with Crippen molar-refractivity contribution in [3.05, 3.63) is 40.6 Å². The van der Waals surface area contributed by atoms with Crippen LogP contribution in [0.25, 0.3) is 11.5 Å². The molecule has 0 saturated heterocycles. The molecule has 0 aromatic carbocycles. The third-order valence-corrected chi connectivity index (χ3v) is 5.99. The highest BCUT2D eigenvalue weighted by atomic mass is 16.5. The molecule has 9 nitrogen and oxygen atoms in total. The van der Waals surface area contributed by atoms with Gasteiger partial charge in [0.2, 0.25) is 0 Å². The maximum absolute atomic E-state index is 13.4. The molecule has 0 spiro atoms. The minimum atomic E-state index is 0.0690. The first-order valence-electron chi connectivity index (χ1n) is 10.3. The Kier molecular flexibility index (Phi) is 5.46. The molecule has 3 aromatic heterocycles. The van der Waals surface area contributed by atoms with Crippen molar-refractivity contribution >= 4 is 5.91 Å². The Labute approximate surface area is 176 Å². The first-order valence-corrected chi connectivity index (χ1v) is 10.3. The lowest BCUT2D eigenvalue weighted by molar-refractivity contribution is 0.0733. The molecule has 0 radical (unpaired) electrons. The average Bonchev–Trinajstić information content (AvgIpc) is 3.38. The van der Waals surface area contributed by atoms with Gasteiger partial charge in [0.25, 0.3) is 5.91 Å². The number of methoxy groups -OCH3 is 1. The van der Waals surface area contributed by atoms with E-state index >= 15 is 0 Å². The zero-order chi connectivity index (χ0) is 21.4. The lowest BCUT2D eigenvalue weighted by atomic mass is 10.0. The van der Waals surface area contributed by atoms with E-state index in [0.717, 1.165) is 59.1 Å². The van der Waals surface area contributed by atoms with Crippen molar-refractivity contribution in [1.29, 1.82) is 0 Å². The molecule has 0 unspecified atom stereocenters. The Morgan fingerprint density at radius 2 is 2.07 bits per heavy atom. The monoisotopic (exact) mass is 411 g/mol. The number of hydrogen-bond acceptors (Lipinski definition) is 5. The van der Waals surface area contributed by atoms with E-state index in [2.05, 4.69) is 26.8 Å². The van der Waals surface area contributed by atoms with Gasteiger partial charge >= 0.3 is 0 Å². The van der Waals surface area contributed by atoms with Crippen molar-refractivity contribution in [2.75, 3.05) is 20.3 Å². The molecule has 9 heteroatoms. The van der Waals surface area contributed by atoms with Gasteiger partial charge in [0.15, 0.2) is 5.82 Å². The van der Waals surface area contributed by atoms with Crippen LogP contribution in [0.5, 0.6) is 0 Å². The van der Waals surface area contributed by atoms with E-state index in [9.17, 15) is 4.79 Å². The molecule has 160 valence electrons. The van der Waals surface area contributed by atoms with Gasteiger partial charge in [-0.15, -0.1) is 10.2 Å². The van der Waals surface area contributed by atoms with Crippen molar-refractivity contribution in [3.63, 3.8) is 0 Å². The van der Waals surface area contributed by atoms with Crippen LogP contribution >= 0.6 is 0 Å². The van der Waals surface area contributed by atoms with Gasteiger partial charge in [0, 0.05) is 70.0 Å². The Balaban J connectivity index is 1.60. The third-order valence-electron chi connectivity index (χ3n) is 5.99. The summed E-state index contributed by atoms with van der Waals surface area (Å²) in [5.74, 6) is 0.789. The summed E-state index contributed by atoms with van der Waals surface area (Å²) in [7, 11) is 5.56. The summed E-state index contributed by atoms with van der Waals surface area (Å²) in [4.78, 5) is 15.3. The van der Waals surface area contributed by atoms with Crippen LogP contribution < -0.4 is 0 Å². The molecule has 1 amide bonds. The van der Waals surface area contributed by atoms with Crippen molar-refractivity contribution in [2.45, 2.75) is 39.8 Å². The summed E-state index contributed by atoms with van der Waals surface area (Å²) < 4.78 is 11.1. The van der Waals surface area contributed by atoms with Crippen LogP contribution in [0.2, 0.25) is 0 Å². The van der Waals surface area contributed by atoms with Crippen molar-refractivity contribution < 1.29 is 9.53 Å². The molecule has 30 heavy (non-hydrogen) atoms. The molecule has 0 aliphatic carbocycles. The first kappa shape index (κ1) is 20.3. The van der Waals surface area contributed by atoms with E-state index < -0.39 is 0 Å². The van der Waals surface area contributed by atoms with Gasteiger partial charge in [0.05, 0.1) is 12.1 Å². The molecule has 0 saturated carbocycles. The fraction of sp³-hybridized carbons (Fsp3) is 0.524. The standard InChI is InChI=1S/C21H29N7O2/c1-14-11-16(15(2)28(14)8-6-10-30-5)21(29)27-9-7-18-17(12-27)19(24-26(18)4)20-23-22-13-25(20)3/h11,13H,6-10,12H2,1-5H3. The van der Waals surface area contributed by atoms with Crippen molar-refractivity contribution in [1.82, 2.24) is 34.0 Å². The quantitative estimate of drug-likeness (QED) is 0.578. The van der Waals surface area contributed by atoms with Crippen LogP contribution in [0.1, 0.15) is 39.4 Å². The number of amides is 1. The third kappa shape index (κ3) is 3.43. The van der Waals surface area contributed by atoms with Gasteiger partial charge in [-0.3, -0.25) is 9.48 Å². The Hall–Kier alpha value is -2.94. The molecule has 3 aromatic rings. The second kappa shape index (κ2) is 8.06. The van der Waals surface area contributed by atoms with Crippen LogP contribution in [0.15, 0.2) is 12.4 Å². The lowest BCUT2D eigenvalue weighted by Crippen LogP contribution is -2.36. The Morgan fingerprint density at radius 3 is 2.77 bits per heavy atom. The van der Waals surface area contributed by atoms with Crippen LogP contribution in [-0.2, 0) is 38.3 Å². The van der Waals surface area contributed by atoms with Gasteiger partial charge in [0.1, 0.15) is 12.0 Å². The molecular weight excluding hydrogens is 382 g/mol. The van der Waals surface area contributed by atoms with Crippen molar-refractivity contribution in [3.8, 4) is 11.5 Å². The summed E-state index contributed by atoms with van der Waals surface area (Å²) >= 11 is 0. The summed E-state index contributed by atoms with van der Waals surface area (Å²) in [6.07, 6.45) is 3.36. The van der Waals surface area contributed by atoms with Gasteiger partial charge in [-0.25, -0.2) is 0 Å². The summed E-state index contributed by atoms with van der Waals surface area (Å²) in [5.41, 5.74) is 5.90. The molecule has 4 heterocycles. The molecule has 4 rings (SSSR count). The highest BCUT2D eigenvalue weighted by Gasteiger charge is 2.30. The van der Waals surface area contributed by atoms with Crippen LogP contribution in [0.3, 0.4) is 0 Å². The average molecular weight is 412 g/mol. The van der Waals surface area contributed by atoms with Gasteiger partial charge in [-0.1, -0.05) is 0 Å². The maximum atomic E-state index is 13.4. The number of aryl methyl sites for hydroxylation is 3. The van der Waals surface area contributed by atoms with E-state index in [1.54, 1.807) is 13.4 Å². The largest absolute Gasteiger partial charge is 0.385 e. The minimum absolute atomic E-state index is 0.0690. The Bertz CT molecular complexity index is 1080. The van der Waals surface area contributed by atoms with E-state index in [-0.39, 0.29) is 5.91 Å². The van der Waals surface area contributed by atoms with Crippen molar-refractivity contribution in [2.24, 2.45) is 14.1 Å². The topological polar surface area (TPSA) is 83.0 Å². The number of nitrogens with zero attached hydrogens (tertiary/aromatic N) is 7. The van der Waals surface area contributed by atoms with Crippen LogP contribution in [-0.4, -0.2) is 60.2 Å². The van der Waals surface area contributed by atoms with Gasteiger partial charge in [-0.2, -0.15) is 5.10 Å². The number of fused-ring (bicyclic) bond motifs is 1. The second-order valence-electron chi connectivity index (χ2n) is 7.92. The fourth-order valence-electron chi connectivity index (χ4n) is 4.34. The molecule has 0 bridgehead atoms. The number of hydrogen-bond donors (Lipinski definition) is 0. The predicted molar refractivity (Wildman–Crippen MR) is 112 cm³/mol. The maximum Gasteiger partial charge on any atom is 0.255 e. The molecule has 1 aliphatic heterocycles. The smallest absolute Gasteiger partial charge is 0.255 e. The number of carbonyl (C=O) groups is 1. The zero-order valence-corrected chi connectivity index (χ0v) is 18.3. The molecule has 0 N–H and O–H groups in total. The summed E-state index contributed by atoms with van der Waals surface area (Å²) in [6, 6.07) is 2.01. The van der Waals surface area contributed by atoms with Gasteiger partial charge in [-0.05, 0) is 26.3 Å². The first-order chi connectivity index (χ1) is 14.4. The highest BCUT2D eigenvalue weighted by Crippen LogP contribution is 2.29.